The number of carbonyl (C=O) groups excluding carboxylic acids is 1. The molecule has 0 saturated heterocycles. The molecule has 23 heavy (non-hydrogen) atoms. The first kappa shape index (κ1) is 16.5. The minimum absolute atomic E-state index is 0.0502. The second-order valence-electron chi connectivity index (χ2n) is 4.95. The molecule has 6 heteroatoms. The SMILES string of the molecule is C=C(Nc1ccc(OC)cc1OC)C(=O)CC1C=CC=C[N+]1=O. The molecule has 1 atom stereocenters. The normalized spacial score (nSPS) is 16.1. The highest BCUT2D eigenvalue weighted by atomic mass is 16.5. The zero-order valence-electron chi connectivity index (χ0n) is 13.1. The summed E-state index contributed by atoms with van der Waals surface area (Å²) in [6.07, 6.45) is 6.50. The molecule has 0 radical (unpaired) electrons. The van der Waals surface area contributed by atoms with Crippen molar-refractivity contribution in [1.29, 1.82) is 0 Å². The summed E-state index contributed by atoms with van der Waals surface area (Å²) < 4.78 is 11.1. The van der Waals surface area contributed by atoms with Crippen LogP contribution in [0.4, 0.5) is 5.69 Å². The summed E-state index contributed by atoms with van der Waals surface area (Å²) in [5.74, 6) is 0.934. The molecule has 0 amide bonds. The predicted octanol–water partition coefficient (Wildman–Crippen LogP) is 2.82. The lowest BCUT2D eigenvalue weighted by Gasteiger charge is -2.14. The Kier molecular flexibility index (Phi) is 5.30. The quantitative estimate of drug-likeness (QED) is 0.619. The van der Waals surface area contributed by atoms with Crippen LogP contribution in [0.5, 0.6) is 11.5 Å². The highest BCUT2D eigenvalue weighted by Crippen LogP contribution is 2.30. The molecule has 1 aliphatic heterocycles. The van der Waals surface area contributed by atoms with Crippen molar-refractivity contribution < 1.29 is 19.0 Å². The van der Waals surface area contributed by atoms with Crippen LogP contribution in [0.3, 0.4) is 0 Å². The van der Waals surface area contributed by atoms with Gasteiger partial charge in [-0.1, -0.05) is 12.7 Å². The van der Waals surface area contributed by atoms with Crippen molar-refractivity contribution >= 4 is 11.5 Å². The number of carbonyl (C=O) groups is 1. The number of nitrogens with zero attached hydrogens (tertiary/aromatic N) is 1. The highest BCUT2D eigenvalue weighted by molar-refractivity contribution is 5.98. The number of methoxy groups -OCH3 is 2. The van der Waals surface area contributed by atoms with Crippen molar-refractivity contribution in [2.24, 2.45) is 0 Å². The molecule has 120 valence electrons. The zero-order chi connectivity index (χ0) is 16.8. The molecule has 0 fully saturated rings. The summed E-state index contributed by atoms with van der Waals surface area (Å²) in [5.41, 5.74) is 0.800. The number of rotatable bonds is 7. The van der Waals surface area contributed by atoms with Gasteiger partial charge in [-0.25, -0.2) is 0 Å². The molecule has 0 saturated carbocycles. The third-order valence-electron chi connectivity index (χ3n) is 3.43. The molecule has 1 aliphatic rings. The van der Waals surface area contributed by atoms with E-state index in [1.165, 1.54) is 13.3 Å². The number of benzene rings is 1. The maximum atomic E-state index is 12.2. The monoisotopic (exact) mass is 315 g/mol. The number of nitroso groups, excluding NO2 is 1. The van der Waals surface area contributed by atoms with Crippen molar-refractivity contribution in [2.75, 3.05) is 19.5 Å². The molecule has 1 heterocycles. The van der Waals surface area contributed by atoms with Gasteiger partial charge in [0.2, 0.25) is 12.2 Å². The van der Waals surface area contributed by atoms with Gasteiger partial charge in [-0.05, 0) is 18.2 Å². The molecule has 1 aromatic carbocycles. The van der Waals surface area contributed by atoms with E-state index in [0.717, 1.165) is 4.76 Å². The van der Waals surface area contributed by atoms with Gasteiger partial charge in [-0.3, -0.25) is 4.79 Å². The van der Waals surface area contributed by atoms with Crippen molar-refractivity contribution in [3.63, 3.8) is 0 Å². The maximum absolute atomic E-state index is 12.2. The molecule has 1 N–H and O–H groups in total. The largest absolute Gasteiger partial charge is 0.497 e. The van der Waals surface area contributed by atoms with E-state index in [0.29, 0.717) is 17.2 Å². The van der Waals surface area contributed by atoms with Crippen LogP contribution in [-0.4, -0.2) is 30.8 Å². The molecule has 2 rings (SSSR count). The van der Waals surface area contributed by atoms with Crippen molar-refractivity contribution in [1.82, 2.24) is 0 Å². The molecular formula is C17H19N2O4+. The first-order valence-electron chi connectivity index (χ1n) is 7.06. The van der Waals surface area contributed by atoms with Crippen LogP contribution in [-0.2, 0) is 4.79 Å². The summed E-state index contributed by atoms with van der Waals surface area (Å²) in [6.45, 7) is 3.75. The molecule has 6 nitrogen and oxygen atoms in total. The van der Waals surface area contributed by atoms with Crippen LogP contribution in [0.1, 0.15) is 6.42 Å². The molecule has 1 unspecified atom stereocenters. The van der Waals surface area contributed by atoms with Crippen LogP contribution < -0.4 is 14.8 Å². The molecule has 0 spiro atoms. The van der Waals surface area contributed by atoms with Crippen molar-refractivity contribution in [2.45, 2.75) is 12.5 Å². The van der Waals surface area contributed by atoms with Gasteiger partial charge in [0.25, 0.3) is 0 Å². The van der Waals surface area contributed by atoms with Gasteiger partial charge in [-0.15, -0.1) is 0 Å². The summed E-state index contributed by atoms with van der Waals surface area (Å²) in [5, 5.41) is 2.93. The molecule has 1 aromatic rings. The predicted molar refractivity (Wildman–Crippen MR) is 87.6 cm³/mol. The van der Waals surface area contributed by atoms with Gasteiger partial charge in [0.05, 0.1) is 32.0 Å². The van der Waals surface area contributed by atoms with Gasteiger partial charge in [0.1, 0.15) is 11.5 Å². The third-order valence-corrected chi connectivity index (χ3v) is 3.43. The van der Waals surface area contributed by atoms with E-state index in [4.69, 9.17) is 9.47 Å². The van der Waals surface area contributed by atoms with E-state index in [9.17, 15) is 9.70 Å². The van der Waals surface area contributed by atoms with Crippen LogP contribution in [0.15, 0.2) is 54.9 Å². The topological polar surface area (TPSA) is 67.6 Å². The minimum Gasteiger partial charge on any atom is -0.497 e. The Balaban J connectivity index is 2.04. The molecule has 0 aromatic heterocycles. The summed E-state index contributed by atoms with van der Waals surface area (Å²) in [4.78, 5) is 23.9. The summed E-state index contributed by atoms with van der Waals surface area (Å²) in [7, 11) is 3.09. The van der Waals surface area contributed by atoms with Crippen LogP contribution in [0, 0.1) is 4.91 Å². The van der Waals surface area contributed by atoms with Crippen LogP contribution in [0.25, 0.3) is 0 Å². The van der Waals surface area contributed by atoms with Gasteiger partial charge in [-0.2, -0.15) is 0 Å². The lowest BCUT2D eigenvalue weighted by Crippen LogP contribution is -2.25. The van der Waals surface area contributed by atoms with E-state index in [1.54, 1.807) is 43.5 Å². The number of ketones is 1. The molecular weight excluding hydrogens is 296 g/mol. The van der Waals surface area contributed by atoms with Crippen LogP contribution in [0.2, 0.25) is 0 Å². The van der Waals surface area contributed by atoms with Gasteiger partial charge in [0, 0.05) is 21.8 Å². The fraction of sp³-hybridized carbons (Fsp3) is 0.235. The number of anilines is 1. The summed E-state index contributed by atoms with van der Waals surface area (Å²) >= 11 is 0. The average Bonchev–Trinajstić information content (AvgIpc) is 2.57. The number of ether oxygens (including phenoxy) is 2. The highest BCUT2D eigenvalue weighted by Gasteiger charge is 2.26. The Bertz CT molecular complexity index is 692. The second kappa shape index (κ2) is 7.40. The van der Waals surface area contributed by atoms with Gasteiger partial charge >= 0.3 is 0 Å². The number of nitrogens with one attached hydrogen (secondary N) is 1. The number of allylic oxidation sites excluding steroid dienone is 3. The van der Waals surface area contributed by atoms with Crippen molar-refractivity contribution in [3.8, 4) is 11.5 Å². The van der Waals surface area contributed by atoms with Gasteiger partial charge in [0.15, 0.2) is 5.78 Å². The number of hydrogen-bond donors (Lipinski definition) is 1. The first-order chi connectivity index (χ1) is 11.0. The maximum Gasteiger partial charge on any atom is 0.233 e. The molecule has 0 bridgehead atoms. The van der Waals surface area contributed by atoms with E-state index in [1.807, 2.05) is 0 Å². The van der Waals surface area contributed by atoms with Gasteiger partial charge < -0.3 is 14.8 Å². The van der Waals surface area contributed by atoms with Crippen LogP contribution >= 0.6 is 0 Å². The Hall–Kier alpha value is -2.89. The van der Waals surface area contributed by atoms with Crippen molar-refractivity contribution in [3.05, 3.63) is 59.8 Å². The Morgan fingerprint density at radius 3 is 2.74 bits per heavy atom. The van der Waals surface area contributed by atoms with E-state index in [2.05, 4.69) is 11.9 Å². The Morgan fingerprint density at radius 2 is 2.09 bits per heavy atom. The smallest absolute Gasteiger partial charge is 0.233 e. The number of Topliss-reactive ketones (excluding diaryl/α,β-unsaturated/α-hetero) is 1. The standard InChI is InChI=1S/C17H19N2O4/c1-12(16(20)10-13-6-4-5-9-19(13)21)18-15-8-7-14(22-2)11-17(15)23-3/h4-9,11,13,18H,1,10H2,2-3H3/q+1. The Morgan fingerprint density at radius 1 is 1.30 bits per heavy atom. The van der Waals surface area contributed by atoms with E-state index < -0.39 is 6.04 Å². The summed E-state index contributed by atoms with van der Waals surface area (Å²) in [6, 6.07) is 4.67. The number of hydrogen-bond acceptors (Lipinski definition) is 5. The first-order valence-corrected chi connectivity index (χ1v) is 7.06. The molecule has 0 aliphatic carbocycles. The van der Waals surface area contributed by atoms with E-state index >= 15 is 0 Å². The lowest BCUT2D eigenvalue weighted by atomic mass is 10.1. The fourth-order valence-corrected chi connectivity index (χ4v) is 2.13. The lowest BCUT2D eigenvalue weighted by molar-refractivity contribution is -0.508. The third kappa shape index (κ3) is 4.06. The Labute approximate surface area is 134 Å². The van der Waals surface area contributed by atoms with E-state index in [-0.39, 0.29) is 17.9 Å². The zero-order valence-corrected chi connectivity index (χ0v) is 13.1. The fourth-order valence-electron chi connectivity index (χ4n) is 2.13. The second-order valence-corrected chi connectivity index (χ2v) is 4.95. The minimum atomic E-state index is -0.510. The average molecular weight is 315 g/mol.